The molecule has 1 saturated heterocycles. The lowest BCUT2D eigenvalue weighted by Crippen LogP contribution is -2.42. The predicted octanol–water partition coefficient (Wildman–Crippen LogP) is 4.79. The molecule has 0 unspecified atom stereocenters. The lowest BCUT2D eigenvalue weighted by atomic mass is 10.1. The van der Waals surface area contributed by atoms with Gasteiger partial charge in [-0.15, -0.1) is 0 Å². The number of nitrogens with zero attached hydrogens (tertiary/aromatic N) is 4. The van der Waals surface area contributed by atoms with Crippen molar-refractivity contribution in [2.75, 3.05) is 20.1 Å². The maximum Gasteiger partial charge on any atom is 0.272 e. The van der Waals surface area contributed by atoms with Crippen molar-refractivity contribution in [1.29, 1.82) is 0 Å². The molecule has 3 heterocycles. The van der Waals surface area contributed by atoms with Gasteiger partial charge < -0.3 is 9.64 Å². The van der Waals surface area contributed by atoms with Crippen molar-refractivity contribution >= 4 is 5.91 Å². The van der Waals surface area contributed by atoms with Gasteiger partial charge >= 0.3 is 0 Å². The third-order valence-electron chi connectivity index (χ3n) is 6.41. The van der Waals surface area contributed by atoms with Crippen LogP contribution in [0.3, 0.4) is 0 Å². The minimum atomic E-state index is -0.00718. The van der Waals surface area contributed by atoms with Gasteiger partial charge in [0.25, 0.3) is 5.91 Å². The van der Waals surface area contributed by atoms with Crippen LogP contribution in [0.5, 0.6) is 5.75 Å². The number of nitrogens with one attached hydrogen (secondary N) is 1. The van der Waals surface area contributed by atoms with Gasteiger partial charge in [-0.3, -0.25) is 19.8 Å². The van der Waals surface area contributed by atoms with Gasteiger partial charge in [-0.1, -0.05) is 48.5 Å². The molecule has 184 valence electrons. The first-order chi connectivity index (χ1) is 17.6. The van der Waals surface area contributed by atoms with Gasteiger partial charge in [0, 0.05) is 56.5 Å². The predicted molar refractivity (Wildman–Crippen MR) is 139 cm³/mol. The monoisotopic (exact) mass is 481 g/mol. The molecule has 0 aliphatic carbocycles. The van der Waals surface area contributed by atoms with Crippen LogP contribution in [0, 0.1) is 0 Å². The molecule has 7 heteroatoms. The molecule has 0 atom stereocenters. The van der Waals surface area contributed by atoms with Crippen molar-refractivity contribution in [1.82, 2.24) is 25.0 Å². The zero-order valence-corrected chi connectivity index (χ0v) is 20.5. The van der Waals surface area contributed by atoms with Crippen LogP contribution in [0.2, 0.25) is 0 Å². The molecule has 2 aromatic carbocycles. The number of pyridine rings is 1. The topological polar surface area (TPSA) is 74.3 Å². The fourth-order valence-corrected chi connectivity index (χ4v) is 4.60. The van der Waals surface area contributed by atoms with E-state index in [1.807, 2.05) is 47.4 Å². The molecule has 5 rings (SSSR count). The minimum absolute atomic E-state index is 0.00718. The van der Waals surface area contributed by atoms with Gasteiger partial charge in [-0.25, -0.2) is 0 Å². The number of hydrogen-bond acceptors (Lipinski definition) is 5. The molecule has 0 radical (unpaired) electrons. The summed E-state index contributed by atoms with van der Waals surface area (Å²) in [5.41, 5.74) is 4.85. The van der Waals surface area contributed by atoms with Gasteiger partial charge in [-0.2, -0.15) is 5.10 Å². The average molecular weight is 482 g/mol. The molecule has 0 bridgehead atoms. The van der Waals surface area contributed by atoms with Gasteiger partial charge in [0.05, 0.1) is 5.69 Å². The highest BCUT2D eigenvalue weighted by Crippen LogP contribution is 2.22. The highest BCUT2D eigenvalue weighted by molar-refractivity contribution is 5.92. The smallest absolute Gasteiger partial charge is 0.272 e. The second kappa shape index (κ2) is 11.2. The Hall–Kier alpha value is -3.97. The molecule has 1 amide bonds. The normalized spacial score (nSPS) is 14.2. The van der Waals surface area contributed by atoms with Crippen LogP contribution in [0.25, 0.3) is 11.3 Å². The maximum atomic E-state index is 12.6. The summed E-state index contributed by atoms with van der Waals surface area (Å²) in [6.07, 6.45) is 3.38. The molecular weight excluding hydrogens is 450 g/mol. The van der Waals surface area contributed by atoms with Crippen molar-refractivity contribution in [2.45, 2.75) is 32.0 Å². The van der Waals surface area contributed by atoms with Crippen molar-refractivity contribution in [2.24, 2.45) is 0 Å². The first-order valence-electron chi connectivity index (χ1n) is 12.4. The molecule has 0 saturated carbocycles. The molecule has 1 fully saturated rings. The molecule has 36 heavy (non-hydrogen) atoms. The number of piperidine rings is 1. The number of benzene rings is 2. The largest absolute Gasteiger partial charge is 0.490 e. The number of H-pyrrole nitrogens is 1. The Morgan fingerprint density at radius 2 is 1.81 bits per heavy atom. The lowest BCUT2D eigenvalue weighted by molar-refractivity contribution is 0.0590. The quantitative estimate of drug-likeness (QED) is 0.392. The fourth-order valence-electron chi connectivity index (χ4n) is 4.60. The SMILES string of the molecule is CN(Cc1cccc(OC2CCN(C(=O)c3ccccn3)CC2)c1)Cc1cc(-c2ccccc2)n[nH]1. The Morgan fingerprint density at radius 3 is 2.58 bits per heavy atom. The molecule has 0 spiro atoms. The number of ether oxygens (including phenoxy) is 1. The van der Waals surface area contributed by atoms with E-state index in [-0.39, 0.29) is 12.0 Å². The van der Waals surface area contributed by atoms with E-state index in [1.165, 1.54) is 5.56 Å². The summed E-state index contributed by atoms with van der Waals surface area (Å²) >= 11 is 0. The number of rotatable bonds is 8. The molecule has 2 aromatic heterocycles. The van der Waals surface area contributed by atoms with Crippen LogP contribution in [0.1, 0.15) is 34.6 Å². The number of likely N-dealkylation sites (tertiary alicyclic amines) is 1. The number of aromatic nitrogens is 3. The Labute approximate surface area is 211 Å². The molecule has 1 N–H and O–H groups in total. The van der Waals surface area contributed by atoms with E-state index in [2.05, 4.69) is 57.5 Å². The van der Waals surface area contributed by atoms with Crippen LogP contribution >= 0.6 is 0 Å². The summed E-state index contributed by atoms with van der Waals surface area (Å²) < 4.78 is 6.29. The second-order valence-electron chi connectivity index (χ2n) is 9.29. The number of carbonyl (C=O) groups is 1. The van der Waals surface area contributed by atoms with Crippen LogP contribution in [-0.2, 0) is 13.1 Å². The Morgan fingerprint density at radius 1 is 1.00 bits per heavy atom. The summed E-state index contributed by atoms with van der Waals surface area (Å²) in [6, 6.07) is 26.0. The molecule has 4 aromatic rings. The second-order valence-corrected chi connectivity index (χ2v) is 9.29. The van der Waals surface area contributed by atoms with Crippen LogP contribution in [-0.4, -0.2) is 57.1 Å². The summed E-state index contributed by atoms with van der Waals surface area (Å²) in [6.45, 7) is 2.93. The van der Waals surface area contributed by atoms with Crippen LogP contribution < -0.4 is 4.74 Å². The maximum absolute atomic E-state index is 12.6. The Kier molecular flexibility index (Phi) is 7.38. The Bertz CT molecular complexity index is 1270. The van der Waals surface area contributed by atoms with Crippen molar-refractivity contribution in [3.05, 3.63) is 102 Å². The molecule has 7 nitrogen and oxygen atoms in total. The van der Waals surface area contributed by atoms with Gasteiger partial charge in [0.15, 0.2) is 0 Å². The summed E-state index contributed by atoms with van der Waals surface area (Å²) in [7, 11) is 2.10. The third kappa shape index (κ3) is 5.98. The first kappa shape index (κ1) is 23.8. The Balaban J connectivity index is 1.12. The molecule has 1 aliphatic rings. The van der Waals surface area contributed by atoms with Crippen molar-refractivity contribution in [3.63, 3.8) is 0 Å². The van der Waals surface area contributed by atoms with E-state index in [1.54, 1.807) is 12.3 Å². The van der Waals surface area contributed by atoms with E-state index >= 15 is 0 Å². The highest BCUT2D eigenvalue weighted by atomic mass is 16.5. The standard InChI is InChI=1S/C29H31N5O2/c1-33(21-24-19-28(32-31-24)23-9-3-2-4-10-23)20-22-8-7-11-26(18-22)36-25-13-16-34(17-14-25)29(35)27-12-5-6-15-30-27/h2-12,15,18-19,25H,13-14,16-17,20-21H2,1H3,(H,31,32). The summed E-state index contributed by atoms with van der Waals surface area (Å²) in [5.74, 6) is 0.871. The van der Waals surface area contributed by atoms with E-state index in [9.17, 15) is 4.79 Å². The van der Waals surface area contributed by atoms with Crippen molar-refractivity contribution in [3.8, 4) is 17.0 Å². The summed E-state index contributed by atoms with van der Waals surface area (Å²) in [5, 5.41) is 7.62. The minimum Gasteiger partial charge on any atom is -0.490 e. The number of amides is 1. The number of carbonyl (C=O) groups excluding carboxylic acids is 1. The van der Waals surface area contributed by atoms with Crippen LogP contribution in [0.15, 0.2) is 85.1 Å². The number of aromatic amines is 1. The third-order valence-corrected chi connectivity index (χ3v) is 6.41. The van der Waals surface area contributed by atoms with Gasteiger partial charge in [-0.05, 0) is 42.9 Å². The van der Waals surface area contributed by atoms with E-state index in [4.69, 9.17) is 4.74 Å². The number of hydrogen-bond donors (Lipinski definition) is 1. The van der Waals surface area contributed by atoms with E-state index in [0.717, 1.165) is 48.6 Å². The molecule has 1 aliphatic heterocycles. The highest BCUT2D eigenvalue weighted by Gasteiger charge is 2.25. The molecular formula is C29H31N5O2. The van der Waals surface area contributed by atoms with E-state index < -0.39 is 0 Å². The zero-order chi connectivity index (χ0) is 24.7. The van der Waals surface area contributed by atoms with Gasteiger partial charge in [0.1, 0.15) is 17.5 Å². The van der Waals surface area contributed by atoms with Crippen LogP contribution in [0.4, 0.5) is 0 Å². The lowest BCUT2D eigenvalue weighted by Gasteiger charge is -2.32. The average Bonchev–Trinajstić information content (AvgIpc) is 3.38. The first-order valence-corrected chi connectivity index (χ1v) is 12.4. The summed E-state index contributed by atoms with van der Waals surface area (Å²) in [4.78, 5) is 20.9. The van der Waals surface area contributed by atoms with Gasteiger partial charge in [0.2, 0.25) is 0 Å². The van der Waals surface area contributed by atoms with E-state index in [0.29, 0.717) is 18.8 Å². The van der Waals surface area contributed by atoms with Crippen molar-refractivity contribution < 1.29 is 9.53 Å². The fraction of sp³-hybridized carbons (Fsp3) is 0.276. The zero-order valence-electron chi connectivity index (χ0n) is 20.5.